The van der Waals surface area contributed by atoms with Gasteiger partial charge in [0.1, 0.15) is 11.5 Å². The Hall–Kier alpha value is -5.26. The molecular formula is C29H30N10O2. The van der Waals surface area contributed by atoms with Crippen LogP contribution in [0.5, 0.6) is 11.5 Å². The highest BCUT2D eigenvalue weighted by Gasteiger charge is 2.24. The van der Waals surface area contributed by atoms with Gasteiger partial charge in [-0.05, 0) is 106 Å². The summed E-state index contributed by atoms with van der Waals surface area (Å²) >= 11 is 0. The largest absolute Gasteiger partial charge is 0.508 e. The molecule has 41 heavy (non-hydrogen) atoms. The maximum Gasteiger partial charge on any atom is 0.173 e. The van der Waals surface area contributed by atoms with Crippen molar-refractivity contribution < 1.29 is 10.2 Å². The molecule has 0 radical (unpaired) electrons. The molecular weight excluding hydrogens is 520 g/mol. The Bertz CT molecular complexity index is 1610. The van der Waals surface area contributed by atoms with E-state index in [2.05, 4.69) is 60.3 Å². The fourth-order valence-electron chi connectivity index (χ4n) is 4.52. The fourth-order valence-corrected chi connectivity index (χ4v) is 4.52. The number of hydrogen-bond donors (Lipinski definition) is 2. The quantitative estimate of drug-likeness (QED) is 0.196. The van der Waals surface area contributed by atoms with Crippen LogP contribution in [-0.4, -0.2) is 63.3 Å². The average Bonchev–Trinajstić information content (AvgIpc) is 3.59. The van der Waals surface area contributed by atoms with Crippen LogP contribution in [0.2, 0.25) is 0 Å². The minimum absolute atomic E-state index is 0.0903. The third-order valence-electron chi connectivity index (χ3n) is 6.67. The molecule has 5 rings (SSSR count). The Balaban J connectivity index is 1.61. The van der Waals surface area contributed by atoms with Crippen LogP contribution in [0.4, 0.5) is 0 Å². The van der Waals surface area contributed by atoms with Gasteiger partial charge in [-0.2, -0.15) is 10.2 Å². The van der Waals surface area contributed by atoms with Gasteiger partial charge in [-0.25, -0.2) is 0 Å². The number of rotatable bonds is 10. The van der Waals surface area contributed by atoms with Crippen molar-refractivity contribution >= 4 is 12.4 Å². The van der Waals surface area contributed by atoms with Crippen molar-refractivity contribution in [3.63, 3.8) is 0 Å². The Kier molecular flexibility index (Phi) is 8.18. The standard InChI is InChI=1S/C29H30N10O2/c1-4-5-7-21-8-6-9-24(14-21)29(25-15-22(10-12-27(25)40)17-30-38-19(2)32-34-36-38)26-16-23(11-13-28(26)41)18-31-39-20(3)33-35-37-39/h6,8-18,29,40-41H,4-5,7H2,1-3H3. The number of unbranched alkanes of at least 4 members (excludes halogenated alkanes) is 1. The third kappa shape index (κ3) is 6.32. The Morgan fingerprint density at radius 1 is 0.780 bits per heavy atom. The van der Waals surface area contributed by atoms with Gasteiger partial charge in [0, 0.05) is 17.0 Å². The van der Waals surface area contributed by atoms with Crippen LogP contribution in [0.1, 0.15) is 70.7 Å². The molecule has 2 heterocycles. The van der Waals surface area contributed by atoms with Gasteiger partial charge in [-0.3, -0.25) is 0 Å². The Labute approximate surface area is 236 Å². The van der Waals surface area contributed by atoms with E-state index in [0.29, 0.717) is 22.8 Å². The van der Waals surface area contributed by atoms with Gasteiger partial charge in [0.2, 0.25) is 0 Å². The second-order valence-corrected chi connectivity index (χ2v) is 9.64. The van der Waals surface area contributed by atoms with Crippen molar-refractivity contribution in [2.75, 3.05) is 0 Å². The number of aryl methyl sites for hydroxylation is 3. The molecule has 2 aromatic heterocycles. The van der Waals surface area contributed by atoms with E-state index in [0.717, 1.165) is 36.0 Å². The molecule has 208 valence electrons. The van der Waals surface area contributed by atoms with Crippen molar-refractivity contribution in [3.05, 3.63) is 106 Å². The van der Waals surface area contributed by atoms with Gasteiger partial charge in [-0.1, -0.05) is 37.6 Å². The first kappa shape index (κ1) is 27.3. The molecule has 0 aliphatic carbocycles. The number of benzene rings is 3. The molecule has 0 saturated carbocycles. The predicted molar refractivity (Wildman–Crippen MR) is 153 cm³/mol. The highest BCUT2D eigenvalue weighted by molar-refractivity contribution is 5.82. The lowest BCUT2D eigenvalue weighted by molar-refractivity contribution is 0.458. The average molecular weight is 551 g/mol. The molecule has 0 bridgehead atoms. The summed E-state index contributed by atoms with van der Waals surface area (Å²) in [4.78, 5) is 2.64. The highest BCUT2D eigenvalue weighted by Crippen LogP contribution is 2.41. The first-order valence-corrected chi connectivity index (χ1v) is 13.3. The van der Waals surface area contributed by atoms with E-state index < -0.39 is 5.92 Å². The molecule has 0 spiro atoms. The van der Waals surface area contributed by atoms with E-state index in [9.17, 15) is 10.2 Å². The summed E-state index contributed by atoms with van der Waals surface area (Å²) in [5.41, 5.74) is 4.79. The van der Waals surface area contributed by atoms with Crippen LogP contribution in [0, 0.1) is 13.8 Å². The van der Waals surface area contributed by atoms with E-state index in [-0.39, 0.29) is 11.5 Å². The first-order chi connectivity index (χ1) is 19.9. The predicted octanol–water partition coefficient (Wildman–Crippen LogP) is 3.97. The monoisotopic (exact) mass is 550 g/mol. The molecule has 2 N–H and O–H groups in total. The molecule has 5 aromatic rings. The number of nitrogens with zero attached hydrogens (tertiary/aromatic N) is 10. The molecule has 12 nitrogen and oxygen atoms in total. The van der Waals surface area contributed by atoms with Crippen LogP contribution in [0.25, 0.3) is 0 Å². The molecule has 12 heteroatoms. The van der Waals surface area contributed by atoms with Crippen molar-refractivity contribution in [1.82, 2.24) is 40.6 Å². The lowest BCUT2D eigenvalue weighted by Gasteiger charge is -2.22. The molecule has 0 saturated heterocycles. The second kappa shape index (κ2) is 12.3. The summed E-state index contributed by atoms with van der Waals surface area (Å²) in [7, 11) is 0. The van der Waals surface area contributed by atoms with E-state index in [1.54, 1.807) is 50.5 Å². The highest BCUT2D eigenvalue weighted by atomic mass is 16.3. The fraction of sp³-hybridized carbons (Fsp3) is 0.241. The van der Waals surface area contributed by atoms with Gasteiger partial charge >= 0.3 is 0 Å². The lowest BCUT2D eigenvalue weighted by atomic mass is 9.82. The summed E-state index contributed by atoms with van der Waals surface area (Å²) in [6, 6.07) is 18.7. The number of tetrazole rings is 2. The smallest absolute Gasteiger partial charge is 0.173 e. The maximum absolute atomic E-state index is 11.1. The lowest BCUT2D eigenvalue weighted by Crippen LogP contribution is -2.07. The van der Waals surface area contributed by atoms with E-state index >= 15 is 0 Å². The first-order valence-electron chi connectivity index (χ1n) is 13.3. The topological polar surface area (TPSA) is 152 Å². The normalized spacial score (nSPS) is 12.5. The molecule has 0 unspecified atom stereocenters. The molecule has 0 aliphatic rings. The van der Waals surface area contributed by atoms with Gasteiger partial charge in [-0.15, -0.1) is 19.8 Å². The molecule has 0 aliphatic heterocycles. The van der Waals surface area contributed by atoms with Crippen molar-refractivity contribution in [2.24, 2.45) is 10.2 Å². The van der Waals surface area contributed by atoms with Gasteiger partial charge < -0.3 is 10.2 Å². The summed E-state index contributed by atoms with van der Waals surface area (Å²) in [6.07, 6.45) is 6.33. The van der Waals surface area contributed by atoms with E-state index in [1.807, 2.05) is 24.3 Å². The minimum atomic E-state index is -0.497. The zero-order chi connectivity index (χ0) is 28.8. The van der Waals surface area contributed by atoms with Crippen LogP contribution in [-0.2, 0) is 6.42 Å². The van der Waals surface area contributed by atoms with Gasteiger partial charge in [0.05, 0.1) is 12.4 Å². The third-order valence-corrected chi connectivity index (χ3v) is 6.67. The van der Waals surface area contributed by atoms with Crippen molar-refractivity contribution in [3.8, 4) is 11.5 Å². The van der Waals surface area contributed by atoms with E-state index in [4.69, 9.17) is 0 Å². The second-order valence-electron chi connectivity index (χ2n) is 9.64. The van der Waals surface area contributed by atoms with Crippen LogP contribution in [0.3, 0.4) is 0 Å². The SMILES string of the molecule is CCCCc1cccc(C(c2cc(C=Nn3nnnc3C)ccc2O)c2cc(C=Nn3nnnc3C)ccc2O)c1. The summed E-state index contributed by atoms with van der Waals surface area (Å²) in [5, 5.41) is 53.6. The molecule has 0 amide bonds. The Morgan fingerprint density at radius 2 is 1.34 bits per heavy atom. The van der Waals surface area contributed by atoms with Crippen LogP contribution >= 0.6 is 0 Å². The minimum Gasteiger partial charge on any atom is -0.508 e. The van der Waals surface area contributed by atoms with Gasteiger partial charge in [0.25, 0.3) is 0 Å². The number of aromatic nitrogens is 8. The molecule has 3 aromatic carbocycles. The molecule has 0 atom stereocenters. The number of hydrogen-bond acceptors (Lipinski definition) is 10. The van der Waals surface area contributed by atoms with Crippen molar-refractivity contribution in [1.29, 1.82) is 0 Å². The number of aromatic hydroxyl groups is 2. The maximum atomic E-state index is 11.1. The number of phenolic OH excluding ortho intramolecular Hbond substituents is 2. The zero-order valence-electron chi connectivity index (χ0n) is 23.0. The molecule has 0 fully saturated rings. The Morgan fingerprint density at radius 3 is 1.83 bits per heavy atom. The summed E-state index contributed by atoms with van der Waals surface area (Å²) in [6.45, 7) is 5.67. The summed E-state index contributed by atoms with van der Waals surface area (Å²) < 4.78 is 0. The summed E-state index contributed by atoms with van der Waals surface area (Å²) in [5.74, 6) is 0.771. The van der Waals surface area contributed by atoms with E-state index in [1.165, 1.54) is 15.1 Å². The van der Waals surface area contributed by atoms with Crippen LogP contribution in [0.15, 0.2) is 70.9 Å². The zero-order valence-corrected chi connectivity index (χ0v) is 23.0. The van der Waals surface area contributed by atoms with Crippen molar-refractivity contribution in [2.45, 2.75) is 46.0 Å². The van der Waals surface area contributed by atoms with Gasteiger partial charge in [0.15, 0.2) is 11.6 Å². The van der Waals surface area contributed by atoms with Crippen LogP contribution < -0.4 is 0 Å². The number of phenols is 2.